The molecule has 19 heavy (non-hydrogen) atoms. The number of rotatable bonds is 6. The first-order valence-electron chi connectivity index (χ1n) is 6.72. The first kappa shape index (κ1) is 13.7. The average molecular weight is 263 g/mol. The molecule has 1 saturated heterocycles. The monoisotopic (exact) mass is 263 g/mol. The highest BCUT2D eigenvalue weighted by Crippen LogP contribution is 2.18. The van der Waals surface area contributed by atoms with Crippen molar-refractivity contribution >= 4 is 6.03 Å². The zero-order valence-corrected chi connectivity index (χ0v) is 11.3. The molecule has 0 unspecified atom stereocenters. The lowest BCUT2D eigenvalue weighted by atomic mass is 10.1. The molecule has 0 radical (unpaired) electrons. The predicted molar refractivity (Wildman–Crippen MR) is 74.1 cm³/mol. The van der Waals surface area contributed by atoms with Crippen molar-refractivity contribution in [3.63, 3.8) is 0 Å². The van der Waals surface area contributed by atoms with E-state index in [0.29, 0.717) is 13.2 Å². The topological polar surface area (TPSA) is 67.6 Å². The predicted octanol–water partition coefficient (Wildman–Crippen LogP) is 1.50. The van der Waals surface area contributed by atoms with Crippen LogP contribution in [-0.4, -0.2) is 37.2 Å². The molecule has 1 aromatic carbocycles. The highest BCUT2D eigenvalue weighted by Gasteiger charge is 2.18. The summed E-state index contributed by atoms with van der Waals surface area (Å²) in [6, 6.07) is 7.91. The van der Waals surface area contributed by atoms with Crippen molar-refractivity contribution in [2.24, 2.45) is 5.73 Å². The summed E-state index contributed by atoms with van der Waals surface area (Å²) in [4.78, 5) is 13.1. The van der Waals surface area contributed by atoms with E-state index in [2.05, 4.69) is 12.2 Å². The van der Waals surface area contributed by atoms with Crippen LogP contribution < -0.4 is 15.8 Å². The summed E-state index contributed by atoms with van der Waals surface area (Å²) in [6.45, 7) is 4.67. The molecule has 5 heteroatoms. The van der Waals surface area contributed by atoms with Crippen LogP contribution in [-0.2, 0) is 0 Å². The quantitative estimate of drug-likeness (QED) is 0.817. The van der Waals surface area contributed by atoms with Crippen LogP contribution >= 0.6 is 0 Å². The van der Waals surface area contributed by atoms with Gasteiger partial charge in [-0.2, -0.15) is 0 Å². The number of hydrogen-bond donors (Lipinski definition) is 2. The number of amides is 2. The van der Waals surface area contributed by atoms with E-state index in [1.807, 2.05) is 24.3 Å². The van der Waals surface area contributed by atoms with E-state index in [-0.39, 0.29) is 12.1 Å². The molecule has 0 aliphatic carbocycles. The van der Waals surface area contributed by atoms with Gasteiger partial charge in [0.2, 0.25) is 0 Å². The Morgan fingerprint density at radius 2 is 2.16 bits per heavy atom. The van der Waals surface area contributed by atoms with Crippen LogP contribution in [0, 0.1) is 0 Å². The van der Waals surface area contributed by atoms with E-state index >= 15 is 0 Å². The van der Waals surface area contributed by atoms with Gasteiger partial charge in [0, 0.05) is 19.1 Å². The smallest absolute Gasteiger partial charge is 0.317 e. The van der Waals surface area contributed by atoms with Crippen molar-refractivity contribution in [1.29, 1.82) is 0 Å². The van der Waals surface area contributed by atoms with Gasteiger partial charge in [-0.3, -0.25) is 0 Å². The number of carbonyl (C=O) groups is 1. The number of carbonyl (C=O) groups excluding carboxylic acids is 1. The fourth-order valence-electron chi connectivity index (χ4n) is 2.05. The number of hydrogen-bond acceptors (Lipinski definition) is 3. The van der Waals surface area contributed by atoms with Crippen molar-refractivity contribution in [3.8, 4) is 5.75 Å². The Bertz CT molecular complexity index is 419. The van der Waals surface area contributed by atoms with Gasteiger partial charge in [0.25, 0.3) is 0 Å². The van der Waals surface area contributed by atoms with Crippen molar-refractivity contribution in [1.82, 2.24) is 10.2 Å². The zero-order chi connectivity index (χ0) is 13.7. The Balaban J connectivity index is 1.78. The Morgan fingerprint density at radius 3 is 2.74 bits per heavy atom. The highest BCUT2D eigenvalue weighted by atomic mass is 16.5. The minimum Gasteiger partial charge on any atom is -0.492 e. The maximum Gasteiger partial charge on any atom is 0.317 e. The molecule has 1 fully saturated rings. The number of urea groups is 1. The third-order valence-corrected chi connectivity index (χ3v) is 3.32. The number of nitrogens with two attached hydrogens (primary N) is 1. The number of nitrogens with zero attached hydrogens (tertiary/aromatic N) is 1. The SMILES string of the molecule is CC[C@H](N)c1ccc(OCCN2CCNC2=O)cc1. The third-order valence-electron chi connectivity index (χ3n) is 3.32. The van der Waals surface area contributed by atoms with Crippen molar-refractivity contribution in [2.45, 2.75) is 19.4 Å². The van der Waals surface area contributed by atoms with E-state index in [0.717, 1.165) is 30.8 Å². The van der Waals surface area contributed by atoms with Crippen molar-refractivity contribution in [3.05, 3.63) is 29.8 Å². The Morgan fingerprint density at radius 1 is 1.42 bits per heavy atom. The van der Waals surface area contributed by atoms with Crippen LogP contribution in [0.15, 0.2) is 24.3 Å². The van der Waals surface area contributed by atoms with E-state index in [1.54, 1.807) is 4.90 Å². The molecule has 1 atom stereocenters. The van der Waals surface area contributed by atoms with E-state index in [1.165, 1.54) is 0 Å². The van der Waals surface area contributed by atoms with Gasteiger partial charge in [-0.05, 0) is 24.1 Å². The van der Waals surface area contributed by atoms with Crippen LogP contribution in [0.1, 0.15) is 24.9 Å². The number of benzene rings is 1. The largest absolute Gasteiger partial charge is 0.492 e. The first-order chi connectivity index (χ1) is 9.20. The Hall–Kier alpha value is -1.75. The molecule has 104 valence electrons. The van der Waals surface area contributed by atoms with E-state index < -0.39 is 0 Å². The first-order valence-corrected chi connectivity index (χ1v) is 6.72. The lowest BCUT2D eigenvalue weighted by molar-refractivity contribution is 0.202. The standard InChI is InChI=1S/C14H21N3O2/c1-2-13(15)11-3-5-12(6-4-11)19-10-9-17-8-7-16-14(17)18/h3-6,13H,2,7-10,15H2,1H3,(H,16,18)/t13-/m0/s1. The molecule has 0 saturated carbocycles. The average Bonchev–Trinajstić information content (AvgIpc) is 2.84. The van der Waals surface area contributed by atoms with Crippen molar-refractivity contribution < 1.29 is 9.53 Å². The van der Waals surface area contributed by atoms with Gasteiger partial charge in [0.1, 0.15) is 12.4 Å². The normalized spacial score (nSPS) is 16.3. The van der Waals surface area contributed by atoms with Gasteiger partial charge < -0.3 is 20.7 Å². The Kier molecular flexibility index (Phi) is 4.63. The second-order valence-electron chi connectivity index (χ2n) is 4.65. The summed E-state index contributed by atoms with van der Waals surface area (Å²) in [5.41, 5.74) is 7.07. The molecule has 0 bridgehead atoms. The molecular weight excluding hydrogens is 242 g/mol. The maximum atomic E-state index is 11.3. The third kappa shape index (κ3) is 3.61. The van der Waals surface area contributed by atoms with E-state index in [4.69, 9.17) is 10.5 Å². The van der Waals surface area contributed by atoms with Crippen molar-refractivity contribution in [2.75, 3.05) is 26.2 Å². The minimum absolute atomic E-state index is 0.00660. The summed E-state index contributed by atoms with van der Waals surface area (Å²) in [7, 11) is 0. The lowest BCUT2D eigenvalue weighted by Crippen LogP contribution is -2.31. The molecule has 1 aromatic rings. The molecule has 1 heterocycles. The van der Waals surface area contributed by atoms with Crippen LogP contribution in [0.25, 0.3) is 0 Å². The summed E-state index contributed by atoms with van der Waals surface area (Å²) >= 11 is 0. The second-order valence-corrected chi connectivity index (χ2v) is 4.65. The second kappa shape index (κ2) is 6.43. The molecule has 2 rings (SSSR count). The maximum absolute atomic E-state index is 11.3. The molecular formula is C14H21N3O2. The fraction of sp³-hybridized carbons (Fsp3) is 0.500. The summed E-state index contributed by atoms with van der Waals surface area (Å²) in [5.74, 6) is 0.812. The van der Waals surface area contributed by atoms with Crippen LogP contribution in [0.3, 0.4) is 0 Å². The molecule has 1 aliphatic heterocycles. The Labute approximate surface area is 113 Å². The molecule has 0 spiro atoms. The van der Waals surface area contributed by atoms with Gasteiger partial charge in [-0.1, -0.05) is 19.1 Å². The zero-order valence-electron chi connectivity index (χ0n) is 11.3. The van der Waals surface area contributed by atoms with Crippen LogP contribution in [0.5, 0.6) is 5.75 Å². The summed E-state index contributed by atoms with van der Waals surface area (Å²) < 4.78 is 5.62. The van der Waals surface area contributed by atoms with Gasteiger partial charge in [0.15, 0.2) is 0 Å². The summed E-state index contributed by atoms with van der Waals surface area (Å²) in [5, 5.41) is 2.76. The molecule has 0 aromatic heterocycles. The van der Waals surface area contributed by atoms with Gasteiger partial charge in [-0.15, -0.1) is 0 Å². The molecule has 3 N–H and O–H groups in total. The summed E-state index contributed by atoms with van der Waals surface area (Å²) in [6.07, 6.45) is 0.921. The highest BCUT2D eigenvalue weighted by molar-refractivity contribution is 5.76. The van der Waals surface area contributed by atoms with Crippen LogP contribution in [0.4, 0.5) is 4.79 Å². The van der Waals surface area contributed by atoms with Gasteiger partial charge in [0.05, 0.1) is 6.54 Å². The minimum atomic E-state index is -0.00660. The van der Waals surface area contributed by atoms with Crippen LogP contribution in [0.2, 0.25) is 0 Å². The van der Waals surface area contributed by atoms with Gasteiger partial charge in [-0.25, -0.2) is 4.79 Å². The van der Waals surface area contributed by atoms with Gasteiger partial charge >= 0.3 is 6.03 Å². The lowest BCUT2D eigenvalue weighted by Gasteiger charge is -2.15. The molecule has 5 nitrogen and oxygen atoms in total. The number of ether oxygens (including phenoxy) is 1. The fourth-order valence-corrected chi connectivity index (χ4v) is 2.05. The van der Waals surface area contributed by atoms with E-state index in [9.17, 15) is 4.79 Å². The molecule has 1 aliphatic rings. The number of nitrogens with one attached hydrogen (secondary N) is 1. The molecule has 2 amide bonds.